The van der Waals surface area contributed by atoms with E-state index >= 15 is 0 Å². The van der Waals surface area contributed by atoms with Gasteiger partial charge in [-0.15, -0.1) is 0 Å². The smallest absolute Gasteiger partial charge is 0.122 e. The fourth-order valence-electron chi connectivity index (χ4n) is 1.62. The van der Waals surface area contributed by atoms with E-state index in [1.54, 1.807) is 24.4 Å². The normalized spacial score (nSPS) is 10.9. The van der Waals surface area contributed by atoms with Gasteiger partial charge in [-0.1, -0.05) is 17.7 Å². The first kappa shape index (κ1) is 12.8. The summed E-state index contributed by atoms with van der Waals surface area (Å²) in [6.07, 6.45) is 3.69. The lowest BCUT2D eigenvalue weighted by Crippen LogP contribution is -2.01. The van der Waals surface area contributed by atoms with Crippen LogP contribution in [-0.4, -0.2) is 14.9 Å². The minimum atomic E-state index is 0.200. The molecule has 0 aliphatic carbocycles. The number of aromatic hydroxyl groups is 1. The van der Waals surface area contributed by atoms with Gasteiger partial charge in [0.05, 0.1) is 11.9 Å². The zero-order chi connectivity index (χ0) is 13.1. The number of hydrogen-bond acceptors (Lipinski definition) is 3. The van der Waals surface area contributed by atoms with Crippen LogP contribution in [0, 0.1) is 0 Å². The molecule has 2 rings (SSSR count). The van der Waals surface area contributed by atoms with Gasteiger partial charge >= 0.3 is 0 Å². The largest absolute Gasteiger partial charge is 0.508 e. The average Bonchev–Trinajstić information content (AvgIpc) is 2.77. The molecule has 2 aromatic rings. The number of aromatic nitrogens is 2. The van der Waals surface area contributed by atoms with Crippen LogP contribution in [0.1, 0.15) is 25.5 Å². The molecule has 1 aromatic heterocycles. The van der Waals surface area contributed by atoms with E-state index in [0.717, 1.165) is 5.69 Å². The lowest BCUT2D eigenvalue weighted by molar-refractivity contribution is 0.469. The molecule has 0 fully saturated rings. The van der Waals surface area contributed by atoms with Gasteiger partial charge in [0.15, 0.2) is 0 Å². The molecular formula is C13H16ClN3O. The van der Waals surface area contributed by atoms with Crippen molar-refractivity contribution in [2.45, 2.75) is 26.4 Å². The van der Waals surface area contributed by atoms with Gasteiger partial charge in [-0.25, -0.2) is 0 Å². The Morgan fingerprint density at radius 3 is 2.83 bits per heavy atom. The molecule has 0 saturated heterocycles. The number of nitrogens with zero attached hydrogens (tertiary/aromatic N) is 2. The summed E-state index contributed by atoms with van der Waals surface area (Å²) in [5.41, 5.74) is 1.60. The summed E-state index contributed by atoms with van der Waals surface area (Å²) in [5.74, 6) is 0.200. The molecule has 5 heteroatoms. The van der Waals surface area contributed by atoms with Crippen LogP contribution in [0.2, 0.25) is 5.02 Å². The van der Waals surface area contributed by atoms with Gasteiger partial charge < -0.3 is 10.4 Å². The summed E-state index contributed by atoms with van der Waals surface area (Å²) in [6, 6.07) is 5.43. The minimum absolute atomic E-state index is 0.200. The van der Waals surface area contributed by atoms with E-state index in [-0.39, 0.29) is 5.75 Å². The van der Waals surface area contributed by atoms with Gasteiger partial charge in [-0.2, -0.15) is 5.10 Å². The third kappa shape index (κ3) is 2.76. The molecule has 0 unspecified atom stereocenters. The van der Waals surface area contributed by atoms with E-state index in [2.05, 4.69) is 24.3 Å². The maximum absolute atomic E-state index is 9.72. The highest BCUT2D eigenvalue weighted by atomic mass is 35.5. The van der Waals surface area contributed by atoms with Crippen LogP contribution in [0.3, 0.4) is 0 Å². The first-order chi connectivity index (χ1) is 8.58. The number of rotatable bonds is 4. The van der Waals surface area contributed by atoms with Gasteiger partial charge in [0, 0.05) is 29.4 Å². The van der Waals surface area contributed by atoms with E-state index in [0.29, 0.717) is 23.2 Å². The third-order valence-corrected chi connectivity index (χ3v) is 3.05. The zero-order valence-corrected chi connectivity index (χ0v) is 11.1. The van der Waals surface area contributed by atoms with Crippen LogP contribution in [0.25, 0.3) is 0 Å². The van der Waals surface area contributed by atoms with E-state index in [9.17, 15) is 5.11 Å². The second kappa shape index (κ2) is 5.31. The first-order valence-electron chi connectivity index (χ1n) is 5.82. The highest BCUT2D eigenvalue weighted by Gasteiger charge is 2.07. The maximum Gasteiger partial charge on any atom is 0.122 e. The summed E-state index contributed by atoms with van der Waals surface area (Å²) < 4.78 is 1.87. The Hall–Kier alpha value is -1.68. The van der Waals surface area contributed by atoms with Gasteiger partial charge in [-0.3, -0.25) is 4.68 Å². The molecule has 0 saturated carbocycles. The Kier molecular flexibility index (Phi) is 3.77. The predicted molar refractivity (Wildman–Crippen MR) is 73.1 cm³/mol. The van der Waals surface area contributed by atoms with E-state index in [1.807, 2.05) is 10.9 Å². The molecule has 0 bridgehead atoms. The summed E-state index contributed by atoms with van der Waals surface area (Å²) in [6.45, 7) is 4.60. The molecule has 1 heterocycles. The quantitative estimate of drug-likeness (QED) is 0.890. The van der Waals surface area contributed by atoms with Crippen molar-refractivity contribution in [2.24, 2.45) is 0 Å². The lowest BCUT2D eigenvalue weighted by Gasteiger charge is -2.08. The summed E-state index contributed by atoms with van der Waals surface area (Å²) in [7, 11) is 0. The Morgan fingerprint density at radius 2 is 2.22 bits per heavy atom. The Labute approximate surface area is 111 Å². The van der Waals surface area contributed by atoms with E-state index in [1.165, 1.54) is 0 Å². The summed E-state index contributed by atoms with van der Waals surface area (Å²) >= 11 is 6.03. The van der Waals surface area contributed by atoms with Crippen LogP contribution in [0.4, 0.5) is 5.69 Å². The van der Waals surface area contributed by atoms with E-state index < -0.39 is 0 Å². The topological polar surface area (TPSA) is 50.1 Å². The Balaban J connectivity index is 2.07. The molecule has 0 amide bonds. The summed E-state index contributed by atoms with van der Waals surface area (Å²) in [5, 5.41) is 17.7. The van der Waals surface area contributed by atoms with Crippen LogP contribution in [0.5, 0.6) is 5.75 Å². The number of phenols is 1. The number of benzene rings is 1. The monoisotopic (exact) mass is 265 g/mol. The second-order valence-electron chi connectivity index (χ2n) is 4.39. The fourth-order valence-corrected chi connectivity index (χ4v) is 1.86. The Morgan fingerprint density at radius 1 is 1.44 bits per heavy atom. The average molecular weight is 266 g/mol. The Bertz CT molecular complexity index is 517. The standard InChI is InChI=1S/C13H16ClN3O/c1-9(2)17-8-10(6-16-17)15-7-11-12(14)4-3-5-13(11)18/h3-6,8-9,15,18H,7H2,1-2H3. The van der Waals surface area contributed by atoms with Crippen molar-refractivity contribution in [1.82, 2.24) is 9.78 Å². The van der Waals surface area contributed by atoms with Crippen molar-refractivity contribution >= 4 is 17.3 Å². The number of phenolic OH excluding ortho intramolecular Hbond substituents is 1. The number of halogens is 1. The van der Waals surface area contributed by atoms with Crippen molar-refractivity contribution in [3.8, 4) is 5.75 Å². The molecule has 0 spiro atoms. The molecule has 0 aliphatic heterocycles. The van der Waals surface area contributed by atoms with Gasteiger partial charge in [0.1, 0.15) is 5.75 Å². The molecule has 0 aliphatic rings. The van der Waals surface area contributed by atoms with Crippen LogP contribution in [-0.2, 0) is 6.54 Å². The molecular weight excluding hydrogens is 250 g/mol. The lowest BCUT2D eigenvalue weighted by atomic mass is 10.2. The first-order valence-corrected chi connectivity index (χ1v) is 6.20. The fraction of sp³-hybridized carbons (Fsp3) is 0.308. The molecule has 0 atom stereocenters. The highest BCUT2D eigenvalue weighted by Crippen LogP contribution is 2.26. The second-order valence-corrected chi connectivity index (χ2v) is 4.80. The van der Waals surface area contributed by atoms with Crippen molar-refractivity contribution in [1.29, 1.82) is 0 Å². The van der Waals surface area contributed by atoms with Gasteiger partial charge in [-0.05, 0) is 26.0 Å². The molecule has 4 nitrogen and oxygen atoms in total. The van der Waals surface area contributed by atoms with Crippen molar-refractivity contribution in [3.05, 3.63) is 41.2 Å². The maximum atomic E-state index is 9.72. The number of anilines is 1. The SMILES string of the molecule is CC(C)n1cc(NCc2c(O)cccc2Cl)cn1. The third-order valence-electron chi connectivity index (χ3n) is 2.69. The van der Waals surface area contributed by atoms with E-state index in [4.69, 9.17) is 11.6 Å². The molecule has 0 radical (unpaired) electrons. The predicted octanol–water partition coefficient (Wildman–Crippen LogP) is 3.44. The van der Waals surface area contributed by atoms with Crippen molar-refractivity contribution < 1.29 is 5.11 Å². The molecule has 18 heavy (non-hydrogen) atoms. The van der Waals surface area contributed by atoms with Crippen LogP contribution in [0.15, 0.2) is 30.6 Å². The highest BCUT2D eigenvalue weighted by molar-refractivity contribution is 6.31. The van der Waals surface area contributed by atoms with Gasteiger partial charge in [0.2, 0.25) is 0 Å². The van der Waals surface area contributed by atoms with Crippen molar-refractivity contribution in [2.75, 3.05) is 5.32 Å². The minimum Gasteiger partial charge on any atom is -0.508 e. The van der Waals surface area contributed by atoms with Crippen molar-refractivity contribution in [3.63, 3.8) is 0 Å². The molecule has 1 aromatic carbocycles. The zero-order valence-electron chi connectivity index (χ0n) is 10.4. The van der Waals surface area contributed by atoms with Crippen LogP contribution >= 0.6 is 11.6 Å². The van der Waals surface area contributed by atoms with Gasteiger partial charge in [0.25, 0.3) is 0 Å². The number of nitrogens with one attached hydrogen (secondary N) is 1. The van der Waals surface area contributed by atoms with Crippen LogP contribution < -0.4 is 5.32 Å². The number of hydrogen-bond donors (Lipinski definition) is 2. The molecule has 96 valence electrons. The molecule has 2 N–H and O–H groups in total. The summed E-state index contributed by atoms with van der Waals surface area (Å²) in [4.78, 5) is 0.